The molecule has 0 bridgehead atoms. The van der Waals surface area contributed by atoms with E-state index in [4.69, 9.17) is 4.52 Å². The molecular formula is C21H22N4O2. The van der Waals surface area contributed by atoms with Gasteiger partial charge in [0.2, 0.25) is 0 Å². The molecule has 0 atom stereocenters. The summed E-state index contributed by atoms with van der Waals surface area (Å²) in [6, 6.07) is 15.5. The van der Waals surface area contributed by atoms with Gasteiger partial charge in [0.05, 0.1) is 0 Å². The Morgan fingerprint density at radius 1 is 1.04 bits per heavy atom. The maximum Gasteiger partial charge on any atom is 0.276 e. The van der Waals surface area contributed by atoms with Crippen molar-refractivity contribution in [2.45, 2.75) is 13.0 Å². The molecule has 138 valence electrons. The Morgan fingerprint density at radius 3 is 2.74 bits per heavy atom. The largest absolute Gasteiger partial charge is 0.355 e. The Labute approximate surface area is 158 Å². The lowest BCUT2D eigenvalue weighted by molar-refractivity contribution is 0.0751. The van der Waals surface area contributed by atoms with E-state index in [9.17, 15) is 4.79 Å². The maximum absolute atomic E-state index is 12.8. The fourth-order valence-electron chi connectivity index (χ4n) is 3.36. The fourth-order valence-corrected chi connectivity index (χ4v) is 3.36. The minimum absolute atomic E-state index is 0.0656. The molecule has 1 aliphatic rings. The van der Waals surface area contributed by atoms with Gasteiger partial charge >= 0.3 is 0 Å². The van der Waals surface area contributed by atoms with Crippen molar-refractivity contribution in [3.63, 3.8) is 0 Å². The highest BCUT2D eigenvalue weighted by Gasteiger charge is 2.23. The van der Waals surface area contributed by atoms with Crippen molar-refractivity contribution in [2.75, 3.05) is 26.2 Å². The van der Waals surface area contributed by atoms with Crippen LogP contribution in [0.3, 0.4) is 0 Å². The number of nitrogens with zero attached hydrogens (tertiary/aromatic N) is 4. The molecule has 27 heavy (non-hydrogen) atoms. The van der Waals surface area contributed by atoms with E-state index in [1.54, 1.807) is 12.3 Å². The minimum atomic E-state index is -0.0656. The number of carbonyl (C=O) groups is 1. The van der Waals surface area contributed by atoms with Gasteiger partial charge in [-0.25, -0.2) is 0 Å². The van der Waals surface area contributed by atoms with Gasteiger partial charge in [-0.3, -0.25) is 14.7 Å². The lowest BCUT2D eigenvalue weighted by Gasteiger charge is -2.21. The first kappa shape index (κ1) is 17.4. The van der Waals surface area contributed by atoms with Crippen molar-refractivity contribution in [1.29, 1.82) is 0 Å². The lowest BCUT2D eigenvalue weighted by Crippen LogP contribution is -2.35. The third-order valence-corrected chi connectivity index (χ3v) is 4.79. The summed E-state index contributed by atoms with van der Waals surface area (Å²) in [5, 5.41) is 4.00. The van der Waals surface area contributed by atoms with Crippen LogP contribution in [0.4, 0.5) is 0 Å². The monoisotopic (exact) mass is 362 g/mol. The molecule has 4 rings (SSSR count). The van der Waals surface area contributed by atoms with Crippen LogP contribution >= 0.6 is 0 Å². The maximum atomic E-state index is 12.8. The SMILES string of the molecule is O=C(c1cc(-c2ccccc2)on1)N1CCCN(Cc2cccnc2)CC1. The second kappa shape index (κ2) is 8.14. The van der Waals surface area contributed by atoms with Crippen LogP contribution in [0, 0.1) is 0 Å². The molecule has 0 N–H and O–H groups in total. The number of aromatic nitrogens is 2. The molecule has 0 spiro atoms. The van der Waals surface area contributed by atoms with E-state index in [-0.39, 0.29) is 5.91 Å². The highest BCUT2D eigenvalue weighted by Crippen LogP contribution is 2.21. The average molecular weight is 362 g/mol. The van der Waals surface area contributed by atoms with Crippen molar-refractivity contribution in [1.82, 2.24) is 19.9 Å². The predicted octanol–water partition coefficient (Wildman–Crippen LogP) is 3.08. The van der Waals surface area contributed by atoms with Gasteiger partial charge in [0.1, 0.15) is 0 Å². The normalized spacial score (nSPS) is 15.5. The van der Waals surface area contributed by atoms with Crippen LogP contribution in [0.5, 0.6) is 0 Å². The van der Waals surface area contributed by atoms with Gasteiger partial charge < -0.3 is 9.42 Å². The highest BCUT2D eigenvalue weighted by molar-refractivity contribution is 5.93. The van der Waals surface area contributed by atoms with Crippen molar-refractivity contribution < 1.29 is 9.32 Å². The second-order valence-corrected chi connectivity index (χ2v) is 6.73. The fraction of sp³-hybridized carbons (Fsp3) is 0.286. The molecule has 1 amide bonds. The quantitative estimate of drug-likeness (QED) is 0.714. The van der Waals surface area contributed by atoms with E-state index in [0.29, 0.717) is 18.0 Å². The van der Waals surface area contributed by atoms with E-state index < -0.39 is 0 Å². The Bertz CT molecular complexity index is 879. The number of carbonyl (C=O) groups excluding carboxylic acids is 1. The molecule has 1 saturated heterocycles. The van der Waals surface area contributed by atoms with Gasteiger partial charge in [0.25, 0.3) is 5.91 Å². The summed E-state index contributed by atoms with van der Waals surface area (Å²) in [6.45, 7) is 4.08. The van der Waals surface area contributed by atoms with E-state index in [1.807, 2.05) is 47.5 Å². The van der Waals surface area contributed by atoms with Crippen molar-refractivity contribution in [2.24, 2.45) is 0 Å². The zero-order valence-corrected chi connectivity index (χ0v) is 15.1. The van der Waals surface area contributed by atoms with Gasteiger partial charge in [0.15, 0.2) is 11.5 Å². The summed E-state index contributed by atoms with van der Waals surface area (Å²) in [5.74, 6) is 0.552. The molecule has 3 aromatic rings. The first-order valence-electron chi connectivity index (χ1n) is 9.22. The molecule has 0 radical (unpaired) electrons. The van der Waals surface area contributed by atoms with Crippen LogP contribution in [0.1, 0.15) is 22.5 Å². The third-order valence-electron chi connectivity index (χ3n) is 4.79. The third kappa shape index (κ3) is 4.23. The van der Waals surface area contributed by atoms with Gasteiger partial charge in [-0.2, -0.15) is 0 Å². The van der Waals surface area contributed by atoms with Gasteiger partial charge in [-0.15, -0.1) is 0 Å². The summed E-state index contributed by atoms with van der Waals surface area (Å²) >= 11 is 0. The molecule has 3 heterocycles. The van der Waals surface area contributed by atoms with Crippen LogP contribution in [0.15, 0.2) is 65.4 Å². The van der Waals surface area contributed by atoms with Gasteiger partial charge in [0, 0.05) is 56.7 Å². The summed E-state index contributed by atoms with van der Waals surface area (Å²) in [7, 11) is 0. The predicted molar refractivity (Wildman–Crippen MR) is 102 cm³/mol. The Hall–Kier alpha value is -2.99. The molecule has 0 aliphatic carbocycles. The van der Waals surface area contributed by atoms with Crippen LogP contribution < -0.4 is 0 Å². The Kier molecular flexibility index (Phi) is 5.25. The van der Waals surface area contributed by atoms with Crippen molar-refractivity contribution in [3.05, 3.63) is 72.2 Å². The first-order valence-corrected chi connectivity index (χ1v) is 9.22. The van der Waals surface area contributed by atoms with Crippen LogP contribution in [-0.2, 0) is 6.54 Å². The summed E-state index contributed by atoms with van der Waals surface area (Å²) < 4.78 is 5.38. The molecule has 1 aliphatic heterocycles. The van der Waals surface area contributed by atoms with E-state index >= 15 is 0 Å². The minimum Gasteiger partial charge on any atom is -0.355 e. The smallest absolute Gasteiger partial charge is 0.276 e. The zero-order chi connectivity index (χ0) is 18.5. The van der Waals surface area contributed by atoms with Crippen molar-refractivity contribution in [3.8, 4) is 11.3 Å². The Morgan fingerprint density at radius 2 is 1.93 bits per heavy atom. The zero-order valence-electron chi connectivity index (χ0n) is 15.1. The number of rotatable bonds is 4. The summed E-state index contributed by atoms with van der Waals surface area (Å²) in [6.07, 6.45) is 4.62. The van der Waals surface area contributed by atoms with E-state index in [1.165, 1.54) is 5.56 Å². The van der Waals surface area contributed by atoms with Crippen LogP contribution in [0.2, 0.25) is 0 Å². The molecular weight excluding hydrogens is 340 g/mol. The number of benzene rings is 1. The molecule has 1 aromatic carbocycles. The highest BCUT2D eigenvalue weighted by atomic mass is 16.5. The standard InChI is InChI=1S/C21H22N4O2/c26-21(19-14-20(27-23-19)18-7-2-1-3-8-18)25-11-5-10-24(12-13-25)16-17-6-4-9-22-15-17/h1-4,6-9,14-15H,5,10-13,16H2. The molecule has 6 heteroatoms. The first-order chi connectivity index (χ1) is 13.3. The molecule has 0 saturated carbocycles. The number of pyridine rings is 1. The molecule has 1 fully saturated rings. The number of amides is 1. The Balaban J connectivity index is 1.39. The average Bonchev–Trinajstić information content (AvgIpc) is 3.10. The van der Waals surface area contributed by atoms with Crippen LogP contribution in [0.25, 0.3) is 11.3 Å². The van der Waals surface area contributed by atoms with Crippen LogP contribution in [-0.4, -0.2) is 52.0 Å². The summed E-state index contributed by atoms with van der Waals surface area (Å²) in [4.78, 5) is 21.2. The lowest BCUT2D eigenvalue weighted by atomic mass is 10.1. The summed E-state index contributed by atoms with van der Waals surface area (Å²) in [5.41, 5.74) is 2.48. The van der Waals surface area contributed by atoms with Gasteiger partial charge in [-0.05, 0) is 18.1 Å². The topological polar surface area (TPSA) is 62.5 Å². The second-order valence-electron chi connectivity index (χ2n) is 6.73. The molecule has 0 unspecified atom stereocenters. The van der Waals surface area contributed by atoms with Gasteiger partial charge in [-0.1, -0.05) is 41.6 Å². The van der Waals surface area contributed by atoms with Crippen molar-refractivity contribution >= 4 is 5.91 Å². The molecule has 2 aromatic heterocycles. The number of hydrogen-bond acceptors (Lipinski definition) is 5. The number of hydrogen-bond donors (Lipinski definition) is 0. The van der Waals surface area contributed by atoms with E-state index in [0.717, 1.165) is 38.2 Å². The molecule has 6 nitrogen and oxygen atoms in total. The van der Waals surface area contributed by atoms with E-state index in [2.05, 4.69) is 21.1 Å².